The van der Waals surface area contributed by atoms with E-state index in [1.807, 2.05) is 27.7 Å². The standard InChI is InChI=1S/C32H38O8/c1-9-15(5)24(34)22-27(37)18(13-19(33)14(3)4)26(36)20-21-28(38)23(25(35)16(6)10-2)30-17(29(21)39-31(20)22)11-12-32(7,8)40-30/h11-12,15-16,19,33,36-38H,3,9-10,13H2,1-2,4-8H3. The Kier molecular flexibility index (Phi) is 7.54. The van der Waals surface area contributed by atoms with Crippen LogP contribution < -0.4 is 4.74 Å². The van der Waals surface area contributed by atoms with Gasteiger partial charge in [-0.3, -0.25) is 9.59 Å². The van der Waals surface area contributed by atoms with Crippen LogP contribution in [0, 0.1) is 11.8 Å². The summed E-state index contributed by atoms with van der Waals surface area (Å²) in [5, 5.41) is 45.1. The topological polar surface area (TPSA) is 137 Å². The maximum Gasteiger partial charge on any atom is 0.173 e. The molecule has 4 rings (SSSR count). The molecule has 0 bridgehead atoms. The van der Waals surface area contributed by atoms with Gasteiger partial charge in [0.2, 0.25) is 0 Å². The minimum Gasteiger partial charge on any atom is -0.507 e. The van der Waals surface area contributed by atoms with E-state index < -0.39 is 46.6 Å². The number of hydrogen-bond acceptors (Lipinski definition) is 8. The number of furan rings is 1. The highest BCUT2D eigenvalue weighted by atomic mass is 16.5. The fraction of sp³-hybridized carbons (Fsp3) is 0.438. The van der Waals surface area contributed by atoms with Gasteiger partial charge in [0.25, 0.3) is 0 Å². The predicted octanol–water partition coefficient (Wildman–Crippen LogP) is 6.82. The number of ketones is 2. The van der Waals surface area contributed by atoms with Gasteiger partial charge in [0.1, 0.15) is 45.3 Å². The third kappa shape index (κ3) is 4.54. The highest BCUT2D eigenvalue weighted by molar-refractivity contribution is 6.23. The van der Waals surface area contributed by atoms with Crippen molar-refractivity contribution in [1.82, 2.24) is 0 Å². The number of hydrogen-bond donors (Lipinski definition) is 4. The van der Waals surface area contributed by atoms with E-state index in [1.54, 1.807) is 32.9 Å². The number of carbonyl (C=O) groups is 2. The van der Waals surface area contributed by atoms with Crippen LogP contribution in [0.25, 0.3) is 28.0 Å². The van der Waals surface area contributed by atoms with E-state index in [2.05, 4.69) is 6.58 Å². The summed E-state index contributed by atoms with van der Waals surface area (Å²) in [5.74, 6) is -2.98. The molecule has 8 heteroatoms. The van der Waals surface area contributed by atoms with Crippen molar-refractivity contribution in [2.45, 2.75) is 79.4 Å². The molecule has 3 atom stereocenters. The zero-order valence-corrected chi connectivity index (χ0v) is 24.1. The number of fused-ring (bicyclic) bond motifs is 5. The number of phenols is 3. The predicted molar refractivity (Wildman–Crippen MR) is 155 cm³/mol. The maximum absolute atomic E-state index is 13.6. The van der Waals surface area contributed by atoms with Crippen LogP contribution in [0.1, 0.15) is 93.2 Å². The second kappa shape index (κ2) is 10.3. The first-order valence-electron chi connectivity index (χ1n) is 13.7. The molecule has 0 aliphatic carbocycles. The minimum atomic E-state index is -1.12. The Hall–Kier alpha value is -3.78. The molecule has 1 aromatic heterocycles. The lowest BCUT2D eigenvalue weighted by atomic mass is 9.88. The molecule has 8 nitrogen and oxygen atoms in total. The Morgan fingerprint density at radius 2 is 1.48 bits per heavy atom. The van der Waals surface area contributed by atoms with Crippen LogP contribution in [-0.2, 0) is 6.42 Å². The summed E-state index contributed by atoms with van der Waals surface area (Å²) in [7, 11) is 0. The van der Waals surface area contributed by atoms with Crippen molar-refractivity contribution < 1.29 is 39.2 Å². The zero-order chi connectivity index (χ0) is 29.8. The highest BCUT2D eigenvalue weighted by Gasteiger charge is 2.37. The van der Waals surface area contributed by atoms with E-state index in [1.165, 1.54) is 0 Å². The van der Waals surface area contributed by atoms with Gasteiger partial charge in [0.15, 0.2) is 17.1 Å². The first kappa shape index (κ1) is 29.2. The van der Waals surface area contributed by atoms with E-state index >= 15 is 0 Å². The fourth-order valence-corrected chi connectivity index (χ4v) is 4.96. The minimum absolute atomic E-state index is 0.0233. The van der Waals surface area contributed by atoms with Crippen LogP contribution in [0.2, 0.25) is 0 Å². The van der Waals surface area contributed by atoms with Crippen molar-refractivity contribution in [3.63, 3.8) is 0 Å². The number of aliphatic hydroxyl groups is 1. The van der Waals surface area contributed by atoms with Crippen LogP contribution in [0.3, 0.4) is 0 Å². The van der Waals surface area contributed by atoms with Crippen molar-refractivity contribution in [3.8, 4) is 23.0 Å². The van der Waals surface area contributed by atoms with E-state index in [9.17, 15) is 30.0 Å². The van der Waals surface area contributed by atoms with Crippen LogP contribution >= 0.6 is 0 Å². The number of ether oxygens (including phenoxy) is 1. The van der Waals surface area contributed by atoms with Crippen LogP contribution in [0.5, 0.6) is 23.0 Å². The van der Waals surface area contributed by atoms with Gasteiger partial charge < -0.3 is 29.6 Å². The van der Waals surface area contributed by atoms with E-state index in [0.29, 0.717) is 24.0 Å². The molecule has 2 aromatic carbocycles. The van der Waals surface area contributed by atoms with Gasteiger partial charge in [-0.25, -0.2) is 0 Å². The van der Waals surface area contributed by atoms with Crippen molar-refractivity contribution in [2.75, 3.05) is 0 Å². The Balaban J connectivity index is 2.25. The second-order valence-corrected chi connectivity index (χ2v) is 11.5. The van der Waals surface area contributed by atoms with Gasteiger partial charge in [0.05, 0.1) is 22.4 Å². The summed E-state index contributed by atoms with van der Waals surface area (Å²) in [6, 6.07) is 0. The number of Topliss-reactive ketones (excluding diaryl/α,β-unsaturated/α-hetero) is 2. The molecular formula is C32H38O8. The van der Waals surface area contributed by atoms with Crippen LogP contribution in [0.4, 0.5) is 0 Å². The van der Waals surface area contributed by atoms with E-state index in [4.69, 9.17) is 9.15 Å². The number of rotatable bonds is 9. The number of carbonyl (C=O) groups excluding carboxylic acids is 2. The molecule has 40 heavy (non-hydrogen) atoms. The average Bonchev–Trinajstić information content (AvgIpc) is 3.29. The lowest BCUT2D eigenvalue weighted by molar-refractivity contribution is 0.0907. The first-order valence-corrected chi connectivity index (χ1v) is 13.7. The fourth-order valence-electron chi connectivity index (χ4n) is 4.96. The van der Waals surface area contributed by atoms with Crippen LogP contribution in [-0.4, -0.2) is 43.7 Å². The molecule has 3 aromatic rings. The first-order chi connectivity index (χ1) is 18.7. The van der Waals surface area contributed by atoms with Gasteiger partial charge in [-0.05, 0) is 45.8 Å². The maximum atomic E-state index is 13.6. The largest absolute Gasteiger partial charge is 0.507 e. The average molecular weight is 551 g/mol. The zero-order valence-electron chi connectivity index (χ0n) is 24.1. The Morgan fingerprint density at radius 3 is 2.02 bits per heavy atom. The summed E-state index contributed by atoms with van der Waals surface area (Å²) in [4.78, 5) is 27.2. The second-order valence-electron chi connectivity index (χ2n) is 11.5. The molecule has 4 N–H and O–H groups in total. The van der Waals surface area contributed by atoms with Crippen molar-refractivity contribution in [1.29, 1.82) is 0 Å². The Morgan fingerprint density at radius 1 is 0.925 bits per heavy atom. The van der Waals surface area contributed by atoms with Crippen LogP contribution in [0.15, 0.2) is 22.6 Å². The lowest BCUT2D eigenvalue weighted by Gasteiger charge is -2.30. The Bertz CT molecular complexity index is 1590. The number of aromatic hydroxyl groups is 3. The molecule has 0 saturated carbocycles. The highest BCUT2D eigenvalue weighted by Crippen LogP contribution is 2.53. The summed E-state index contributed by atoms with van der Waals surface area (Å²) < 4.78 is 12.4. The molecule has 0 radical (unpaired) electrons. The molecule has 2 heterocycles. The molecule has 0 saturated heterocycles. The molecule has 0 fully saturated rings. The van der Waals surface area contributed by atoms with Gasteiger partial charge in [0, 0.05) is 23.8 Å². The van der Waals surface area contributed by atoms with Crippen molar-refractivity contribution in [3.05, 3.63) is 40.5 Å². The normalized spacial score (nSPS) is 16.4. The van der Waals surface area contributed by atoms with Gasteiger partial charge >= 0.3 is 0 Å². The quantitative estimate of drug-likeness (QED) is 0.168. The summed E-state index contributed by atoms with van der Waals surface area (Å²) in [6.07, 6.45) is 3.15. The molecule has 0 amide bonds. The third-order valence-corrected chi connectivity index (χ3v) is 7.97. The van der Waals surface area contributed by atoms with Gasteiger partial charge in [-0.1, -0.05) is 39.8 Å². The Labute approximate surface area is 233 Å². The molecule has 1 aliphatic rings. The van der Waals surface area contributed by atoms with Crippen molar-refractivity contribution in [2.24, 2.45) is 11.8 Å². The SMILES string of the molecule is C=C(C)C(O)Cc1c(O)c(C(=O)C(C)CC)c2oc3c4c(c(C(=O)C(C)CC)c(O)c3c2c1O)OC(C)(C)C=C4. The van der Waals surface area contributed by atoms with Gasteiger partial charge in [-0.2, -0.15) is 0 Å². The molecule has 214 valence electrons. The van der Waals surface area contributed by atoms with Gasteiger partial charge in [-0.15, -0.1) is 0 Å². The summed E-state index contributed by atoms with van der Waals surface area (Å²) >= 11 is 0. The van der Waals surface area contributed by atoms with Crippen molar-refractivity contribution >= 4 is 39.6 Å². The summed E-state index contributed by atoms with van der Waals surface area (Å²) in [6.45, 7) is 16.1. The van der Waals surface area contributed by atoms with E-state index in [-0.39, 0.29) is 56.6 Å². The third-order valence-electron chi connectivity index (χ3n) is 7.97. The molecule has 0 spiro atoms. The molecular weight excluding hydrogens is 512 g/mol. The number of aliphatic hydroxyl groups excluding tert-OH is 1. The molecule has 3 unspecified atom stereocenters. The van der Waals surface area contributed by atoms with E-state index in [0.717, 1.165) is 0 Å². The number of phenolic OH excluding ortho intramolecular Hbond substituents is 3. The number of benzene rings is 2. The monoisotopic (exact) mass is 550 g/mol. The lowest BCUT2D eigenvalue weighted by Crippen LogP contribution is -2.29. The summed E-state index contributed by atoms with van der Waals surface area (Å²) in [5.41, 5.74) is -0.319. The molecule has 1 aliphatic heterocycles. The smallest absolute Gasteiger partial charge is 0.173 e.